The summed E-state index contributed by atoms with van der Waals surface area (Å²) in [5, 5.41) is 10.9. The first kappa shape index (κ1) is 12.5. The summed E-state index contributed by atoms with van der Waals surface area (Å²) in [6.07, 6.45) is 0. The van der Waals surface area contributed by atoms with Gasteiger partial charge >= 0.3 is 0 Å². The first-order valence-corrected chi connectivity index (χ1v) is 4.80. The number of rotatable bonds is 5. The summed E-state index contributed by atoms with van der Waals surface area (Å²) in [6.45, 7) is -0.422. The number of nitrogens with two attached hydrogens (primary N) is 1. The highest BCUT2D eigenvalue weighted by molar-refractivity contribution is 5.84. The van der Waals surface area contributed by atoms with Crippen molar-refractivity contribution in [2.24, 2.45) is 5.73 Å². The minimum Gasteiger partial charge on any atom is -0.484 e. The largest absolute Gasteiger partial charge is 0.484 e. The Morgan fingerprint density at radius 1 is 1.35 bits per heavy atom. The molecule has 0 saturated heterocycles. The molecule has 0 unspecified atom stereocenters. The van der Waals surface area contributed by atoms with E-state index in [0.717, 1.165) is 0 Å². The number of hydrogen-bond donors (Lipinski definition) is 2. The smallest absolute Gasteiger partial charge is 0.258 e. The number of amides is 2. The molecule has 0 radical (unpaired) electrons. The molecular weight excluding hydrogens is 222 g/mol. The van der Waals surface area contributed by atoms with Gasteiger partial charge in [0.1, 0.15) is 5.75 Å². The third-order valence-corrected chi connectivity index (χ3v) is 1.81. The minimum atomic E-state index is -0.614. The summed E-state index contributed by atoms with van der Waals surface area (Å²) in [5.41, 5.74) is 5.36. The lowest BCUT2D eigenvalue weighted by Gasteiger charge is -2.05. The van der Waals surface area contributed by atoms with E-state index in [1.165, 1.54) is 0 Å². The number of hydrogen-bond acceptors (Lipinski definition) is 4. The molecule has 2 amide bonds. The Bertz CT molecular complexity index is 448. The minimum absolute atomic E-state index is 0.209. The first-order valence-electron chi connectivity index (χ1n) is 4.80. The van der Waals surface area contributed by atoms with Crippen LogP contribution in [0.2, 0.25) is 0 Å². The van der Waals surface area contributed by atoms with Crippen LogP contribution in [0.4, 0.5) is 0 Å². The fourth-order valence-electron chi connectivity index (χ4n) is 1.01. The van der Waals surface area contributed by atoms with Gasteiger partial charge in [-0.2, -0.15) is 5.26 Å². The highest BCUT2D eigenvalue weighted by atomic mass is 16.5. The van der Waals surface area contributed by atoms with Gasteiger partial charge < -0.3 is 15.8 Å². The van der Waals surface area contributed by atoms with Crippen LogP contribution in [0.3, 0.4) is 0 Å². The van der Waals surface area contributed by atoms with Crippen molar-refractivity contribution in [2.75, 3.05) is 13.2 Å². The Morgan fingerprint density at radius 3 is 2.53 bits per heavy atom. The number of nitriles is 1. The monoisotopic (exact) mass is 233 g/mol. The molecule has 3 N–H and O–H groups in total. The SMILES string of the molecule is N#Cc1ccc(OCC(=O)NCC(N)=O)cc1. The Hall–Kier alpha value is -2.55. The van der Waals surface area contributed by atoms with Gasteiger partial charge in [-0.1, -0.05) is 0 Å². The topological polar surface area (TPSA) is 105 Å². The first-order chi connectivity index (χ1) is 8.11. The molecule has 88 valence electrons. The standard InChI is InChI=1S/C11H11N3O3/c12-5-8-1-3-9(4-2-8)17-7-11(16)14-6-10(13)15/h1-4H,6-7H2,(H2,13,15)(H,14,16). The van der Waals surface area contributed by atoms with Gasteiger partial charge in [0.15, 0.2) is 6.61 Å². The van der Waals surface area contributed by atoms with E-state index in [1.807, 2.05) is 6.07 Å². The van der Waals surface area contributed by atoms with Crippen molar-refractivity contribution in [1.29, 1.82) is 5.26 Å². The van der Waals surface area contributed by atoms with E-state index in [9.17, 15) is 9.59 Å². The fraction of sp³-hybridized carbons (Fsp3) is 0.182. The molecule has 0 aromatic heterocycles. The number of nitrogens with one attached hydrogen (secondary N) is 1. The van der Waals surface area contributed by atoms with Crippen molar-refractivity contribution in [3.63, 3.8) is 0 Å². The van der Waals surface area contributed by atoms with E-state index in [-0.39, 0.29) is 13.2 Å². The fourth-order valence-corrected chi connectivity index (χ4v) is 1.01. The maximum atomic E-state index is 11.1. The number of carbonyl (C=O) groups is 2. The second kappa shape index (κ2) is 6.12. The molecule has 0 heterocycles. The average molecular weight is 233 g/mol. The molecule has 0 bridgehead atoms. The Morgan fingerprint density at radius 2 is 2.00 bits per heavy atom. The summed E-state index contributed by atoms with van der Waals surface area (Å²) < 4.78 is 5.13. The van der Waals surface area contributed by atoms with Crippen LogP contribution in [-0.4, -0.2) is 25.0 Å². The van der Waals surface area contributed by atoms with Crippen LogP contribution in [0.15, 0.2) is 24.3 Å². The molecule has 0 aliphatic rings. The highest BCUT2D eigenvalue weighted by Gasteiger charge is 2.03. The van der Waals surface area contributed by atoms with Crippen molar-refractivity contribution < 1.29 is 14.3 Å². The summed E-state index contributed by atoms with van der Waals surface area (Å²) >= 11 is 0. The summed E-state index contributed by atoms with van der Waals surface area (Å²) in [5.74, 6) is -0.580. The zero-order valence-electron chi connectivity index (χ0n) is 8.97. The maximum absolute atomic E-state index is 11.1. The van der Waals surface area contributed by atoms with Crippen molar-refractivity contribution in [3.8, 4) is 11.8 Å². The van der Waals surface area contributed by atoms with Crippen LogP contribution < -0.4 is 15.8 Å². The lowest BCUT2D eigenvalue weighted by molar-refractivity contribution is -0.126. The molecule has 0 fully saturated rings. The number of nitrogens with zero attached hydrogens (tertiary/aromatic N) is 1. The van der Waals surface area contributed by atoms with Gasteiger partial charge in [0, 0.05) is 0 Å². The normalized spacial score (nSPS) is 9.12. The number of ether oxygens (including phenoxy) is 1. The van der Waals surface area contributed by atoms with Gasteiger partial charge in [0.25, 0.3) is 5.91 Å². The third-order valence-electron chi connectivity index (χ3n) is 1.81. The number of carbonyl (C=O) groups excluding carboxylic acids is 2. The zero-order chi connectivity index (χ0) is 12.7. The van der Waals surface area contributed by atoms with E-state index < -0.39 is 11.8 Å². The predicted octanol–water partition coefficient (Wildman–Crippen LogP) is -0.461. The molecule has 0 spiro atoms. The second-order valence-electron chi connectivity index (χ2n) is 3.17. The highest BCUT2D eigenvalue weighted by Crippen LogP contribution is 2.10. The molecule has 1 aromatic carbocycles. The molecule has 0 aliphatic heterocycles. The van der Waals surface area contributed by atoms with Gasteiger partial charge in [-0.05, 0) is 24.3 Å². The molecule has 0 aliphatic carbocycles. The van der Waals surface area contributed by atoms with E-state index in [1.54, 1.807) is 24.3 Å². The van der Waals surface area contributed by atoms with Crippen LogP contribution in [-0.2, 0) is 9.59 Å². The van der Waals surface area contributed by atoms with E-state index in [0.29, 0.717) is 11.3 Å². The van der Waals surface area contributed by atoms with Crippen LogP contribution in [0.25, 0.3) is 0 Å². The van der Waals surface area contributed by atoms with E-state index >= 15 is 0 Å². The molecular formula is C11H11N3O3. The lowest BCUT2D eigenvalue weighted by Crippen LogP contribution is -2.36. The van der Waals surface area contributed by atoms with Gasteiger partial charge in [-0.25, -0.2) is 0 Å². The van der Waals surface area contributed by atoms with Crippen LogP contribution in [0.5, 0.6) is 5.75 Å². The number of primary amides is 1. The van der Waals surface area contributed by atoms with Crippen LogP contribution >= 0.6 is 0 Å². The van der Waals surface area contributed by atoms with E-state index in [2.05, 4.69) is 5.32 Å². The van der Waals surface area contributed by atoms with E-state index in [4.69, 9.17) is 15.7 Å². The van der Waals surface area contributed by atoms with Crippen molar-refractivity contribution in [2.45, 2.75) is 0 Å². The summed E-state index contributed by atoms with van der Waals surface area (Å²) in [4.78, 5) is 21.5. The van der Waals surface area contributed by atoms with Gasteiger partial charge in [0.2, 0.25) is 5.91 Å². The summed E-state index contributed by atoms with van der Waals surface area (Å²) in [7, 11) is 0. The van der Waals surface area contributed by atoms with Crippen molar-refractivity contribution in [3.05, 3.63) is 29.8 Å². The molecule has 6 nitrogen and oxygen atoms in total. The quantitative estimate of drug-likeness (QED) is 0.717. The molecule has 1 rings (SSSR count). The van der Waals surface area contributed by atoms with Gasteiger partial charge in [-0.15, -0.1) is 0 Å². The van der Waals surface area contributed by atoms with Crippen molar-refractivity contribution in [1.82, 2.24) is 5.32 Å². The average Bonchev–Trinajstić information content (AvgIpc) is 2.34. The predicted molar refractivity (Wildman–Crippen MR) is 58.9 cm³/mol. The Kier molecular flexibility index (Phi) is 4.51. The zero-order valence-corrected chi connectivity index (χ0v) is 8.97. The van der Waals surface area contributed by atoms with Crippen LogP contribution in [0.1, 0.15) is 5.56 Å². The molecule has 6 heteroatoms. The van der Waals surface area contributed by atoms with Crippen LogP contribution in [0, 0.1) is 11.3 Å². The molecule has 1 aromatic rings. The summed E-state index contributed by atoms with van der Waals surface area (Å²) in [6, 6.07) is 8.29. The molecule has 0 saturated carbocycles. The number of benzene rings is 1. The lowest BCUT2D eigenvalue weighted by atomic mass is 10.2. The Labute approximate surface area is 98.0 Å². The third kappa shape index (κ3) is 4.66. The van der Waals surface area contributed by atoms with Crippen molar-refractivity contribution >= 4 is 11.8 Å². The second-order valence-corrected chi connectivity index (χ2v) is 3.17. The molecule has 0 atom stereocenters. The van der Waals surface area contributed by atoms with Gasteiger partial charge in [0.05, 0.1) is 18.2 Å². The Balaban J connectivity index is 2.37. The maximum Gasteiger partial charge on any atom is 0.258 e. The molecule has 17 heavy (non-hydrogen) atoms. The van der Waals surface area contributed by atoms with Gasteiger partial charge in [-0.3, -0.25) is 9.59 Å².